The van der Waals surface area contributed by atoms with Crippen LogP contribution in [0.4, 0.5) is 4.79 Å². The molecule has 7 heteroatoms. The Morgan fingerprint density at radius 1 is 1.35 bits per heavy atom. The van der Waals surface area contributed by atoms with Crippen molar-refractivity contribution in [2.45, 2.75) is 50.8 Å². The number of carbonyl (C=O) groups is 2. The standard InChI is InChI=1S/C16H22N4O3/c21-15(13-10-19-16(22)20-13)18-9-11-6-7-17-14(8-11)23-12-4-2-1-3-5-12/h6-8,12-13H,1-5,9-10H2,(H,18,21)(H2,19,20,22). The maximum absolute atomic E-state index is 12.0. The number of hydrogen-bond donors (Lipinski definition) is 3. The molecule has 3 amide bonds. The van der Waals surface area contributed by atoms with Gasteiger partial charge in [0.2, 0.25) is 11.8 Å². The third-order valence-corrected chi connectivity index (χ3v) is 4.19. The fourth-order valence-electron chi connectivity index (χ4n) is 2.90. The molecule has 3 N–H and O–H groups in total. The second kappa shape index (κ2) is 7.30. The summed E-state index contributed by atoms with van der Waals surface area (Å²) in [5.74, 6) is 0.411. The molecular weight excluding hydrogens is 296 g/mol. The van der Waals surface area contributed by atoms with Crippen LogP contribution in [0.1, 0.15) is 37.7 Å². The van der Waals surface area contributed by atoms with Crippen molar-refractivity contribution in [1.29, 1.82) is 0 Å². The number of amides is 3. The maximum Gasteiger partial charge on any atom is 0.315 e. The van der Waals surface area contributed by atoms with Crippen molar-refractivity contribution < 1.29 is 14.3 Å². The van der Waals surface area contributed by atoms with E-state index in [1.165, 1.54) is 19.3 Å². The molecular formula is C16H22N4O3. The molecule has 2 heterocycles. The van der Waals surface area contributed by atoms with Gasteiger partial charge in [-0.3, -0.25) is 4.79 Å². The number of carbonyl (C=O) groups excluding carboxylic acids is 2. The van der Waals surface area contributed by atoms with Crippen LogP contribution in [0.3, 0.4) is 0 Å². The van der Waals surface area contributed by atoms with Gasteiger partial charge in [0.15, 0.2) is 0 Å². The molecule has 124 valence electrons. The predicted molar refractivity (Wildman–Crippen MR) is 83.9 cm³/mol. The summed E-state index contributed by atoms with van der Waals surface area (Å²) < 4.78 is 5.93. The Labute approximate surface area is 135 Å². The van der Waals surface area contributed by atoms with Gasteiger partial charge in [0, 0.05) is 25.4 Å². The molecule has 0 radical (unpaired) electrons. The van der Waals surface area contributed by atoms with Crippen molar-refractivity contribution in [2.24, 2.45) is 0 Å². The summed E-state index contributed by atoms with van der Waals surface area (Å²) in [7, 11) is 0. The highest BCUT2D eigenvalue weighted by molar-refractivity contribution is 5.90. The Kier molecular flexibility index (Phi) is 4.95. The van der Waals surface area contributed by atoms with E-state index < -0.39 is 6.04 Å². The van der Waals surface area contributed by atoms with Crippen LogP contribution in [0.5, 0.6) is 5.88 Å². The lowest BCUT2D eigenvalue weighted by Gasteiger charge is -2.22. The fraction of sp³-hybridized carbons (Fsp3) is 0.562. The SMILES string of the molecule is O=C1NCC(C(=O)NCc2ccnc(OC3CCCCC3)c2)N1. The van der Waals surface area contributed by atoms with Gasteiger partial charge in [-0.25, -0.2) is 9.78 Å². The summed E-state index contributed by atoms with van der Waals surface area (Å²) in [5, 5.41) is 7.93. The summed E-state index contributed by atoms with van der Waals surface area (Å²) in [4.78, 5) is 27.2. The van der Waals surface area contributed by atoms with Crippen molar-refractivity contribution in [3.63, 3.8) is 0 Å². The van der Waals surface area contributed by atoms with E-state index in [1.54, 1.807) is 6.20 Å². The molecule has 1 saturated heterocycles. The summed E-state index contributed by atoms with van der Waals surface area (Å²) in [6.45, 7) is 0.700. The van der Waals surface area contributed by atoms with E-state index in [1.807, 2.05) is 12.1 Å². The lowest BCUT2D eigenvalue weighted by atomic mass is 9.98. The van der Waals surface area contributed by atoms with E-state index >= 15 is 0 Å². The molecule has 7 nitrogen and oxygen atoms in total. The summed E-state index contributed by atoms with van der Waals surface area (Å²) in [5.41, 5.74) is 0.927. The third kappa shape index (κ3) is 4.34. The number of urea groups is 1. The molecule has 3 rings (SSSR count). The minimum atomic E-state index is -0.512. The summed E-state index contributed by atoms with van der Waals surface area (Å²) in [6.07, 6.45) is 7.81. The maximum atomic E-state index is 12.0. The molecule has 0 aromatic carbocycles. The average molecular weight is 318 g/mol. The van der Waals surface area contributed by atoms with Crippen molar-refractivity contribution in [2.75, 3.05) is 6.54 Å². The zero-order valence-electron chi connectivity index (χ0n) is 13.0. The van der Waals surface area contributed by atoms with E-state index in [0.717, 1.165) is 18.4 Å². The van der Waals surface area contributed by atoms with Crippen molar-refractivity contribution >= 4 is 11.9 Å². The van der Waals surface area contributed by atoms with E-state index in [-0.39, 0.29) is 18.0 Å². The topological polar surface area (TPSA) is 92.4 Å². The second-order valence-corrected chi connectivity index (χ2v) is 6.00. The monoisotopic (exact) mass is 318 g/mol. The number of hydrogen-bond acceptors (Lipinski definition) is 4. The van der Waals surface area contributed by atoms with Crippen LogP contribution in [0.25, 0.3) is 0 Å². The first-order chi connectivity index (χ1) is 11.2. The van der Waals surface area contributed by atoms with Gasteiger partial charge < -0.3 is 20.7 Å². The molecule has 23 heavy (non-hydrogen) atoms. The number of rotatable bonds is 5. The summed E-state index contributed by atoms with van der Waals surface area (Å²) >= 11 is 0. The Morgan fingerprint density at radius 3 is 2.91 bits per heavy atom. The molecule has 1 aliphatic heterocycles. The van der Waals surface area contributed by atoms with Crippen molar-refractivity contribution in [3.8, 4) is 5.88 Å². The number of nitrogens with zero attached hydrogens (tertiary/aromatic N) is 1. The molecule has 1 unspecified atom stereocenters. The molecule has 1 aromatic heterocycles. The van der Waals surface area contributed by atoms with Crippen LogP contribution < -0.4 is 20.7 Å². The number of nitrogens with one attached hydrogen (secondary N) is 3. The smallest absolute Gasteiger partial charge is 0.315 e. The van der Waals surface area contributed by atoms with Crippen LogP contribution >= 0.6 is 0 Å². The number of pyridine rings is 1. The van der Waals surface area contributed by atoms with E-state index in [4.69, 9.17) is 4.74 Å². The molecule has 1 saturated carbocycles. The summed E-state index contributed by atoms with van der Waals surface area (Å²) in [6, 6.07) is 2.89. The van der Waals surface area contributed by atoms with Gasteiger partial charge in [-0.05, 0) is 37.3 Å². The molecule has 2 fully saturated rings. The highest BCUT2D eigenvalue weighted by Gasteiger charge is 2.26. The second-order valence-electron chi connectivity index (χ2n) is 6.00. The zero-order chi connectivity index (χ0) is 16.1. The van der Waals surface area contributed by atoms with Crippen LogP contribution in [0.15, 0.2) is 18.3 Å². The van der Waals surface area contributed by atoms with E-state index in [0.29, 0.717) is 19.0 Å². The Balaban J connectivity index is 1.50. The highest BCUT2D eigenvalue weighted by Crippen LogP contribution is 2.22. The van der Waals surface area contributed by atoms with Gasteiger partial charge in [0.25, 0.3) is 0 Å². The van der Waals surface area contributed by atoms with E-state index in [2.05, 4.69) is 20.9 Å². The number of aromatic nitrogens is 1. The first-order valence-corrected chi connectivity index (χ1v) is 8.14. The molecule has 1 aromatic rings. The third-order valence-electron chi connectivity index (χ3n) is 4.19. The molecule has 2 aliphatic rings. The number of ether oxygens (including phenoxy) is 1. The lowest BCUT2D eigenvalue weighted by Crippen LogP contribution is -2.42. The van der Waals surface area contributed by atoms with Gasteiger partial charge in [0.1, 0.15) is 12.1 Å². The molecule has 1 atom stereocenters. The quantitative estimate of drug-likeness (QED) is 0.758. The van der Waals surface area contributed by atoms with Crippen molar-refractivity contribution in [1.82, 2.24) is 20.9 Å². The van der Waals surface area contributed by atoms with Crippen LogP contribution in [-0.4, -0.2) is 35.6 Å². The van der Waals surface area contributed by atoms with Gasteiger partial charge >= 0.3 is 6.03 Å². The van der Waals surface area contributed by atoms with Gasteiger partial charge in [-0.15, -0.1) is 0 Å². The molecule has 0 spiro atoms. The fourth-order valence-corrected chi connectivity index (χ4v) is 2.90. The lowest BCUT2D eigenvalue weighted by molar-refractivity contribution is -0.122. The Morgan fingerprint density at radius 2 is 2.17 bits per heavy atom. The van der Waals surface area contributed by atoms with Crippen LogP contribution in [-0.2, 0) is 11.3 Å². The van der Waals surface area contributed by atoms with Gasteiger partial charge in [0.05, 0.1) is 0 Å². The average Bonchev–Trinajstić information content (AvgIpc) is 3.01. The van der Waals surface area contributed by atoms with E-state index in [9.17, 15) is 9.59 Å². The minimum Gasteiger partial charge on any atom is -0.474 e. The molecule has 0 bridgehead atoms. The van der Waals surface area contributed by atoms with Gasteiger partial charge in [-0.1, -0.05) is 6.42 Å². The minimum absolute atomic E-state index is 0.199. The normalized spacial score (nSPS) is 21.4. The predicted octanol–water partition coefficient (Wildman–Crippen LogP) is 1.09. The largest absolute Gasteiger partial charge is 0.474 e. The first kappa shape index (κ1) is 15.6. The first-order valence-electron chi connectivity index (χ1n) is 8.14. The van der Waals surface area contributed by atoms with Crippen molar-refractivity contribution in [3.05, 3.63) is 23.9 Å². The Hall–Kier alpha value is -2.31. The van der Waals surface area contributed by atoms with Gasteiger partial charge in [-0.2, -0.15) is 0 Å². The van der Waals surface area contributed by atoms with Crippen LogP contribution in [0.2, 0.25) is 0 Å². The van der Waals surface area contributed by atoms with Crippen LogP contribution in [0, 0.1) is 0 Å². The zero-order valence-corrected chi connectivity index (χ0v) is 13.0. The Bertz CT molecular complexity index is 572. The highest BCUT2D eigenvalue weighted by atomic mass is 16.5. The molecule has 1 aliphatic carbocycles.